The van der Waals surface area contributed by atoms with Crippen molar-refractivity contribution in [1.29, 1.82) is 0 Å². The van der Waals surface area contributed by atoms with Crippen molar-refractivity contribution in [2.75, 3.05) is 6.54 Å². The summed E-state index contributed by atoms with van der Waals surface area (Å²) in [5.74, 6) is 0. The van der Waals surface area contributed by atoms with E-state index >= 15 is 0 Å². The van der Waals surface area contributed by atoms with Crippen molar-refractivity contribution in [3.63, 3.8) is 0 Å². The van der Waals surface area contributed by atoms with Crippen molar-refractivity contribution in [2.45, 2.75) is 57.6 Å². The zero-order valence-electron chi connectivity index (χ0n) is 14.8. The Morgan fingerprint density at radius 3 is 1.92 bits per heavy atom. The molecular formula is C22H31NO. The van der Waals surface area contributed by atoms with E-state index in [0.717, 1.165) is 24.1 Å². The molecule has 130 valence electrons. The zero-order valence-corrected chi connectivity index (χ0v) is 14.8. The predicted molar refractivity (Wildman–Crippen MR) is 102 cm³/mol. The molecule has 0 heterocycles. The molecule has 2 aromatic carbocycles. The molecule has 0 saturated heterocycles. The van der Waals surface area contributed by atoms with Crippen LogP contribution in [0, 0.1) is 0 Å². The normalized spacial score (nSPS) is 13.6. The molecule has 24 heavy (non-hydrogen) atoms. The van der Waals surface area contributed by atoms with Crippen molar-refractivity contribution < 1.29 is 5.11 Å². The molecule has 0 aliphatic heterocycles. The Labute approximate surface area is 146 Å². The van der Waals surface area contributed by atoms with Crippen LogP contribution in [-0.2, 0) is 0 Å². The topological polar surface area (TPSA) is 32.3 Å². The molecule has 2 rings (SSSR count). The number of aliphatic hydroxyl groups is 1. The maximum Gasteiger partial charge on any atom is 0.0984 e. The smallest absolute Gasteiger partial charge is 0.0984 e. The van der Waals surface area contributed by atoms with Gasteiger partial charge in [-0.15, -0.1) is 0 Å². The summed E-state index contributed by atoms with van der Waals surface area (Å²) in [5, 5.41) is 14.4. The minimum Gasteiger partial charge on any atom is -0.386 e. The van der Waals surface area contributed by atoms with Crippen LogP contribution in [0.2, 0.25) is 0 Å². The van der Waals surface area contributed by atoms with Gasteiger partial charge in [0.1, 0.15) is 0 Å². The number of hydrogen-bond acceptors (Lipinski definition) is 2. The van der Waals surface area contributed by atoms with Gasteiger partial charge in [-0.25, -0.2) is 0 Å². The van der Waals surface area contributed by atoms with Crippen LogP contribution in [-0.4, -0.2) is 11.7 Å². The van der Waals surface area contributed by atoms with E-state index < -0.39 is 6.10 Å². The molecule has 0 unspecified atom stereocenters. The van der Waals surface area contributed by atoms with Gasteiger partial charge >= 0.3 is 0 Å². The van der Waals surface area contributed by atoms with Crippen LogP contribution in [0.25, 0.3) is 0 Å². The summed E-state index contributed by atoms with van der Waals surface area (Å²) >= 11 is 0. The van der Waals surface area contributed by atoms with Crippen LogP contribution in [0.1, 0.15) is 68.7 Å². The molecule has 0 bridgehead atoms. The van der Waals surface area contributed by atoms with Gasteiger partial charge in [0, 0.05) is 0 Å². The largest absolute Gasteiger partial charge is 0.386 e. The van der Waals surface area contributed by atoms with Crippen molar-refractivity contribution in [1.82, 2.24) is 5.32 Å². The first kappa shape index (κ1) is 18.7. The molecule has 2 aromatic rings. The lowest BCUT2D eigenvalue weighted by Gasteiger charge is -2.25. The molecule has 0 radical (unpaired) electrons. The van der Waals surface area contributed by atoms with Gasteiger partial charge in [0.15, 0.2) is 0 Å². The minimum atomic E-state index is -0.534. The summed E-state index contributed by atoms with van der Waals surface area (Å²) in [6, 6.07) is 20.1. The first-order valence-corrected chi connectivity index (χ1v) is 9.34. The molecule has 0 aliphatic rings. The summed E-state index contributed by atoms with van der Waals surface area (Å²) in [6.07, 6.45) is 7.17. The van der Waals surface area contributed by atoms with E-state index in [1.807, 2.05) is 48.5 Å². The number of unbranched alkanes of at least 4 members (excludes halogenated alkanes) is 5. The Hall–Kier alpha value is -1.64. The van der Waals surface area contributed by atoms with Crippen molar-refractivity contribution >= 4 is 0 Å². The van der Waals surface area contributed by atoms with Crippen LogP contribution in [0.15, 0.2) is 60.7 Å². The van der Waals surface area contributed by atoms with Gasteiger partial charge < -0.3 is 10.4 Å². The third kappa shape index (κ3) is 6.10. The Balaban J connectivity index is 1.92. The Bertz CT molecular complexity index is 540. The standard InChI is InChI=1S/C22H31NO/c1-2-3-4-5-6-13-18-23-21(19-14-9-7-10-15-19)22(24)20-16-11-8-12-17-20/h7-12,14-17,21-24H,2-6,13,18H2,1H3/t21-,22-/m1/s1. The molecule has 0 saturated carbocycles. The molecule has 0 aliphatic carbocycles. The lowest BCUT2D eigenvalue weighted by atomic mass is 9.95. The molecule has 2 nitrogen and oxygen atoms in total. The van der Waals surface area contributed by atoms with Gasteiger partial charge in [-0.3, -0.25) is 0 Å². The van der Waals surface area contributed by atoms with E-state index in [1.54, 1.807) is 0 Å². The maximum atomic E-state index is 10.8. The molecule has 0 fully saturated rings. The van der Waals surface area contributed by atoms with Crippen LogP contribution >= 0.6 is 0 Å². The fourth-order valence-electron chi connectivity index (χ4n) is 3.08. The average Bonchev–Trinajstić information content (AvgIpc) is 2.65. The molecule has 0 spiro atoms. The monoisotopic (exact) mass is 325 g/mol. The van der Waals surface area contributed by atoms with E-state index in [9.17, 15) is 5.11 Å². The van der Waals surface area contributed by atoms with Crippen LogP contribution in [0.5, 0.6) is 0 Å². The Morgan fingerprint density at radius 1 is 0.750 bits per heavy atom. The number of benzene rings is 2. The second-order valence-electron chi connectivity index (χ2n) is 6.47. The highest BCUT2D eigenvalue weighted by atomic mass is 16.3. The lowest BCUT2D eigenvalue weighted by Crippen LogP contribution is -2.28. The number of aliphatic hydroxyl groups excluding tert-OH is 1. The summed E-state index contributed by atoms with van der Waals surface area (Å²) in [5.41, 5.74) is 2.10. The van der Waals surface area contributed by atoms with Crippen LogP contribution < -0.4 is 5.32 Å². The molecule has 2 atom stereocenters. The first-order valence-electron chi connectivity index (χ1n) is 9.34. The Kier molecular flexibility index (Phi) is 8.58. The molecule has 2 heteroatoms. The maximum absolute atomic E-state index is 10.8. The second kappa shape index (κ2) is 11.0. The molecule has 2 N–H and O–H groups in total. The van der Waals surface area contributed by atoms with Gasteiger partial charge in [-0.2, -0.15) is 0 Å². The predicted octanol–water partition coefficient (Wildman–Crippen LogP) is 5.41. The third-order valence-corrected chi connectivity index (χ3v) is 4.51. The average molecular weight is 325 g/mol. The number of rotatable bonds is 11. The second-order valence-corrected chi connectivity index (χ2v) is 6.47. The molecule has 0 aromatic heterocycles. The van der Waals surface area contributed by atoms with Gasteiger partial charge in [0.25, 0.3) is 0 Å². The highest BCUT2D eigenvalue weighted by Gasteiger charge is 2.21. The van der Waals surface area contributed by atoms with E-state index in [1.165, 1.54) is 32.1 Å². The van der Waals surface area contributed by atoms with Crippen molar-refractivity contribution in [3.05, 3.63) is 71.8 Å². The summed E-state index contributed by atoms with van der Waals surface area (Å²) in [4.78, 5) is 0. The fourth-order valence-corrected chi connectivity index (χ4v) is 3.08. The Morgan fingerprint density at radius 2 is 1.29 bits per heavy atom. The lowest BCUT2D eigenvalue weighted by molar-refractivity contribution is 0.128. The van der Waals surface area contributed by atoms with Crippen molar-refractivity contribution in [3.8, 4) is 0 Å². The minimum absolute atomic E-state index is 0.0655. The van der Waals surface area contributed by atoms with E-state index in [2.05, 4.69) is 24.4 Å². The molecule has 0 amide bonds. The fraction of sp³-hybridized carbons (Fsp3) is 0.455. The summed E-state index contributed by atoms with van der Waals surface area (Å²) in [6.45, 7) is 3.19. The molecular weight excluding hydrogens is 294 g/mol. The highest BCUT2D eigenvalue weighted by Crippen LogP contribution is 2.28. The summed E-state index contributed by atoms with van der Waals surface area (Å²) in [7, 11) is 0. The number of hydrogen-bond donors (Lipinski definition) is 2. The highest BCUT2D eigenvalue weighted by molar-refractivity contribution is 5.26. The van der Waals surface area contributed by atoms with Gasteiger partial charge in [0.2, 0.25) is 0 Å². The first-order chi connectivity index (χ1) is 11.8. The van der Waals surface area contributed by atoms with Gasteiger partial charge in [0.05, 0.1) is 12.1 Å². The van der Waals surface area contributed by atoms with Gasteiger partial charge in [-0.05, 0) is 24.1 Å². The van der Waals surface area contributed by atoms with E-state index in [4.69, 9.17) is 0 Å². The quantitative estimate of drug-likeness (QED) is 0.541. The van der Waals surface area contributed by atoms with E-state index in [-0.39, 0.29) is 6.04 Å². The SMILES string of the molecule is CCCCCCCCN[C@H](c1ccccc1)[C@H](O)c1ccccc1. The van der Waals surface area contributed by atoms with E-state index in [0.29, 0.717) is 0 Å². The van der Waals surface area contributed by atoms with Gasteiger partial charge in [-0.1, -0.05) is 99.7 Å². The summed E-state index contributed by atoms with van der Waals surface area (Å²) < 4.78 is 0. The third-order valence-electron chi connectivity index (χ3n) is 4.51. The van der Waals surface area contributed by atoms with Crippen molar-refractivity contribution in [2.24, 2.45) is 0 Å². The van der Waals surface area contributed by atoms with Crippen LogP contribution in [0.4, 0.5) is 0 Å². The van der Waals surface area contributed by atoms with Crippen LogP contribution in [0.3, 0.4) is 0 Å². The number of nitrogens with one attached hydrogen (secondary N) is 1. The zero-order chi connectivity index (χ0) is 17.0.